The molecule has 0 bridgehead atoms. The van der Waals surface area contributed by atoms with Gasteiger partial charge in [-0.3, -0.25) is 9.78 Å². The van der Waals surface area contributed by atoms with Crippen LogP contribution in [0.4, 0.5) is 5.69 Å². The Kier molecular flexibility index (Phi) is 7.11. The van der Waals surface area contributed by atoms with E-state index < -0.39 is 10.0 Å². The van der Waals surface area contributed by atoms with Crippen LogP contribution in [-0.4, -0.2) is 38.9 Å². The third-order valence-corrected chi connectivity index (χ3v) is 5.35. The van der Waals surface area contributed by atoms with E-state index in [9.17, 15) is 13.2 Å². The topological polar surface area (TPSA) is 100 Å². The molecule has 2 aromatic rings. The van der Waals surface area contributed by atoms with Gasteiger partial charge in [-0.1, -0.05) is 6.07 Å². The van der Waals surface area contributed by atoms with E-state index in [4.69, 9.17) is 0 Å². The number of carbonyl (C=O) groups excluding carboxylic acids is 1. The quantitative estimate of drug-likeness (QED) is 0.577. The Bertz CT molecular complexity index is 839. The number of aryl methyl sites for hydroxylation is 2. The number of aromatic nitrogens is 1. The highest BCUT2D eigenvalue weighted by Crippen LogP contribution is 2.14. The standard InChI is InChI=1S/C18H24N4O3S/c1-14-3-4-17(13-15(14)2)26(24,25)22-10-7-18(23)21-12-11-20-16-5-8-19-9-6-16/h3-6,8-9,13,22H,7,10-12H2,1-2H3,(H,19,20)(H,21,23). The Labute approximate surface area is 154 Å². The highest BCUT2D eigenvalue weighted by atomic mass is 32.2. The predicted octanol–water partition coefficient (Wildman–Crippen LogP) is 1.60. The van der Waals surface area contributed by atoms with Gasteiger partial charge in [-0.05, 0) is 49.2 Å². The molecule has 0 saturated carbocycles. The number of sulfonamides is 1. The summed E-state index contributed by atoms with van der Waals surface area (Å²) in [5.41, 5.74) is 2.87. The van der Waals surface area contributed by atoms with Crippen LogP contribution in [-0.2, 0) is 14.8 Å². The Morgan fingerprint density at radius 3 is 2.42 bits per heavy atom. The predicted molar refractivity (Wildman–Crippen MR) is 101 cm³/mol. The second-order valence-corrected chi connectivity index (χ2v) is 7.67. The van der Waals surface area contributed by atoms with Gasteiger partial charge in [-0.15, -0.1) is 0 Å². The molecule has 0 spiro atoms. The second-order valence-electron chi connectivity index (χ2n) is 5.91. The summed E-state index contributed by atoms with van der Waals surface area (Å²) in [6.45, 7) is 4.86. The average Bonchev–Trinajstić information content (AvgIpc) is 2.62. The van der Waals surface area contributed by atoms with E-state index in [1.54, 1.807) is 30.6 Å². The smallest absolute Gasteiger partial charge is 0.240 e. The maximum atomic E-state index is 12.2. The third kappa shape index (κ3) is 6.12. The zero-order chi connectivity index (χ0) is 19.0. The largest absolute Gasteiger partial charge is 0.383 e. The van der Waals surface area contributed by atoms with Gasteiger partial charge >= 0.3 is 0 Å². The number of carbonyl (C=O) groups is 1. The molecule has 0 radical (unpaired) electrons. The van der Waals surface area contributed by atoms with E-state index in [-0.39, 0.29) is 23.8 Å². The third-order valence-electron chi connectivity index (χ3n) is 3.89. The van der Waals surface area contributed by atoms with Gasteiger partial charge in [0.25, 0.3) is 0 Å². The first-order chi connectivity index (χ1) is 12.4. The fourth-order valence-corrected chi connectivity index (χ4v) is 3.35. The molecule has 0 fully saturated rings. The molecule has 3 N–H and O–H groups in total. The minimum absolute atomic E-state index is 0.0544. The van der Waals surface area contributed by atoms with Crippen LogP contribution in [0, 0.1) is 13.8 Å². The Morgan fingerprint density at radius 2 is 1.73 bits per heavy atom. The fraction of sp³-hybridized carbons (Fsp3) is 0.333. The minimum atomic E-state index is -3.60. The molecule has 2 rings (SSSR count). The number of hydrogen-bond donors (Lipinski definition) is 3. The summed E-state index contributed by atoms with van der Waals surface area (Å²) in [5.74, 6) is -0.204. The van der Waals surface area contributed by atoms with Crippen LogP contribution >= 0.6 is 0 Å². The molecule has 1 heterocycles. The van der Waals surface area contributed by atoms with Crippen LogP contribution in [0.1, 0.15) is 17.5 Å². The van der Waals surface area contributed by atoms with Crippen molar-refractivity contribution in [3.63, 3.8) is 0 Å². The molecule has 0 saturated heterocycles. The first-order valence-electron chi connectivity index (χ1n) is 8.36. The van der Waals surface area contributed by atoms with Crippen molar-refractivity contribution in [2.24, 2.45) is 0 Å². The molecular formula is C18H24N4O3S. The van der Waals surface area contributed by atoms with Crippen LogP contribution in [0.15, 0.2) is 47.6 Å². The Hall–Kier alpha value is -2.45. The van der Waals surface area contributed by atoms with Crippen molar-refractivity contribution in [2.45, 2.75) is 25.2 Å². The van der Waals surface area contributed by atoms with Crippen LogP contribution in [0.2, 0.25) is 0 Å². The first-order valence-corrected chi connectivity index (χ1v) is 9.84. The van der Waals surface area contributed by atoms with Crippen molar-refractivity contribution >= 4 is 21.6 Å². The lowest BCUT2D eigenvalue weighted by Gasteiger charge is -2.10. The van der Waals surface area contributed by atoms with Crippen LogP contribution in [0.25, 0.3) is 0 Å². The molecule has 0 aliphatic rings. The van der Waals surface area contributed by atoms with Gasteiger partial charge in [-0.25, -0.2) is 13.1 Å². The molecule has 0 aliphatic carbocycles. The molecule has 7 nitrogen and oxygen atoms in total. The van der Waals surface area contributed by atoms with Gasteiger partial charge in [0, 0.05) is 44.1 Å². The normalized spacial score (nSPS) is 11.2. The molecular weight excluding hydrogens is 352 g/mol. The van der Waals surface area contributed by atoms with Crippen molar-refractivity contribution in [3.8, 4) is 0 Å². The van der Waals surface area contributed by atoms with E-state index in [0.717, 1.165) is 16.8 Å². The molecule has 0 atom stereocenters. The SMILES string of the molecule is Cc1ccc(S(=O)(=O)NCCC(=O)NCCNc2ccncc2)cc1C. The van der Waals surface area contributed by atoms with Gasteiger partial charge in [0.05, 0.1) is 4.90 Å². The maximum Gasteiger partial charge on any atom is 0.240 e. The molecule has 0 aliphatic heterocycles. The van der Waals surface area contributed by atoms with Gasteiger partial charge in [0.2, 0.25) is 15.9 Å². The minimum Gasteiger partial charge on any atom is -0.383 e. The number of rotatable bonds is 9. The van der Waals surface area contributed by atoms with Gasteiger partial charge in [0.1, 0.15) is 0 Å². The van der Waals surface area contributed by atoms with E-state index in [2.05, 4.69) is 20.3 Å². The van der Waals surface area contributed by atoms with Gasteiger partial charge < -0.3 is 10.6 Å². The number of anilines is 1. The molecule has 26 heavy (non-hydrogen) atoms. The van der Waals surface area contributed by atoms with Crippen LogP contribution in [0.5, 0.6) is 0 Å². The summed E-state index contributed by atoms with van der Waals surface area (Å²) < 4.78 is 26.9. The Morgan fingerprint density at radius 1 is 1.00 bits per heavy atom. The number of nitrogens with one attached hydrogen (secondary N) is 3. The van der Waals surface area contributed by atoms with Crippen molar-refractivity contribution in [1.29, 1.82) is 0 Å². The van der Waals surface area contributed by atoms with Crippen molar-refractivity contribution < 1.29 is 13.2 Å². The summed E-state index contributed by atoms with van der Waals surface area (Å²) in [4.78, 5) is 15.9. The fourth-order valence-electron chi connectivity index (χ4n) is 2.23. The van der Waals surface area contributed by atoms with E-state index >= 15 is 0 Å². The highest BCUT2D eigenvalue weighted by molar-refractivity contribution is 7.89. The monoisotopic (exact) mass is 376 g/mol. The molecule has 1 amide bonds. The second kappa shape index (κ2) is 9.30. The zero-order valence-electron chi connectivity index (χ0n) is 15.0. The Balaban J connectivity index is 1.69. The summed E-state index contributed by atoms with van der Waals surface area (Å²) in [7, 11) is -3.60. The van der Waals surface area contributed by atoms with Crippen molar-refractivity contribution in [3.05, 3.63) is 53.9 Å². The summed E-state index contributed by atoms with van der Waals surface area (Å²) >= 11 is 0. The van der Waals surface area contributed by atoms with Gasteiger partial charge in [-0.2, -0.15) is 0 Å². The van der Waals surface area contributed by atoms with E-state index in [1.165, 1.54) is 0 Å². The van der Waals surface area contributed by atoms with Crippen LogP contribution in [0.3, 0.4) is 0 Å². The lowest BCUT2D eigenvalue weighted by Crippen LogP contribution is -2.33. The summed E-state index contributed by atoms with van der Waals surface area (Å²) in [6, 6.07) is 8.64. The summed E-state index contributed by atoms with van der Waals surface area (Å²) in [6.07, 6.45) is 3.45. The van der Waals surface area contributed by atoms with Crippen molar-refractivity contribution in [1.82, 2.24) is 15.0 Å². The molecule has 1 aromatic heterocycles. The lowest BCUT2D eigenvalue weighted by atomic mass is 10.1. The van der Waals surface area contributed by atoms with Gasteiger partial charge in [0.15, 0.2) is 0 Å². The van der Waals surface area contributed by atoms with Crippen LogP contribution < -0.4 is 15.4 Å². The first kappa shape index (κ1) is 19.9. The molecule has 8 heteroatoms. The summed E-state index contributed by atoms with van der Waals surface area (Å²) in [5, 5.41) is 5.89. The maximum absolute atomic E-state index is 12.2. The number of hydrogen-bond acceptors (Lipinski definition) is 5. The lowest BCUT2D eigenvalue weighted by molar-refractivity contribution is -0.120. The van der Waals surface area contributed by atoms with Crippen molar-refractivity contribution in [2.75, 3.05) is 25.0 Å². The molecule has 0 unspecified atom stereocenters. The van der Waals surface area contributed by atoms with E-state index in [0.29, 0.717) is 13.1 Å². The number of nitrogens with zero attached hydrogens (tertiary/aromatic N) is 1. The number of pyridine rings is 1. The average molecular weight is 376 g/mol. The zero-order valence-corrected chi connectivity index (χ0v) is 15.8. The molecule has 1 aromatic carbocycles. The molecule has 140 valence electrons. The number of benzene rings is 1. The van der Waals surface area contributed by atoms with E-state index in [1.807, 2.05) is 26.0 Å². The number of amides is 1. The highest BCUT2D eigenvalue weighted by Gasteiger charge is 2.14.